The summed E-state index contributed by atoms with van der Waals surface area (Å²) in [6.07, 6.45) is 3.67. The summed E-state index contributed by atoms with van der Waals surface area (Å²) in [5.74, 6) is 1.85. The van der Waals surface area contributed by atoms with Crippen LogP contribution in [0, 0.1) is 5.82 Å². The number of nitrogens with zero attached hydrogens (tertiary/aromatic N) is 2. The molecule has 0 heterocycles. The van der Waals surface area contributed by atoms with Crippen LogP contribution in [-0.4, -0.2) is 71.2 Å². The third kappa shape index (κ3) is 7.86. The summed E-state index contributed by atoms with van der Waals surface area (Å²) >= 11 is 0. The van der Waals surface area contributed by atoms with Crippen LogP contribution in [0.5, 0.6) is 23.0 Å². The molecule has 1 unspecified atom stereocenters. The maximum absolute atomic E-state index is 15.1. The summed E-state index contributed by atoms with van der Waals surface area (Å²) in [6.45, 7) is 6.13. The number of aryl methyl sites for hydroxylation is 1. The molecule has 3 aromatic rings. The molecule has 4 rings (SSSR count). The topological polar surface area (TPSA) is 63.6 Å². The van der Waals surface area contributed by atoms with Gasteiger partial charge in [0.25, 0.3) is 0 Å². The first-order valence-electron chi connectivity index (χ1n) is 14.8. The van der Waals surface area contributed by atoms with E-state index in [2.05, 4.69) is 22.8 Å². The number of aromatic hydroxyl groups is 1. The molecular weight excluding hydrogens is 535 g/mol. The summed E-state index contributed by atoms with van der Waals surface area (Å²) in [5.41, 5.74) is 5.56. The van der Waals surface area contributed by atoms with Crippen molar-refractivity contribution in [1.29, 1.82) is 0 Å². The lowest BCUT2D eigenvalue weighted by Crippen LogP contribution is -2.26. The highest BCUT2D eigenvalue weighted by Crippen LogP contribution is 2.43. The molecule has 0 amide bonds. The van der Waals surface area contributed by atoms with Crippen LogP contribution in [-0.2, 0) is 24.1 Å². The second-order valence-electron chi connectivity index (χ2n) is 10.9. The monoisotopic (exact) mass is 580 g/mol. The van der Waals surface area contributed by atoms with Crippen molar-refractivity contribution in [3.63, 3.8) is 0 Å². The van der Waals surface area contributed by atoms with Gasteiger partial charge >= 0.3 is 0 Å². The van der Waals surface area contributed by atoms with Gasteiger partial charge in [0.15, 0.2) is 23.1 Å². The van der Waals surface area contributed by atoms with Gasteiger partial charge in [-0.2, -0.15) is 0 Å². The minimum absolute atomic E-state index is 0.269. The lowest BCUT2D eigenvalue weighted by atomic mass is 9.79. The number of rotatable bonds is 15. The van der Waals surface area contributed by atoms with E-state index < -0.39 is 0 Å². The molecule has 1 N–H and O–H groups in total. The van der Waals surface area contributed by atoms with Crippen LogP contribution in [0.25, 0.3) is 0 Å². The van der Waals surface area contributed by atoms with Gasteiger partial charge in [0.1, 0.15) is 12.4 Å². The van der Waals surface area contributed by atoms with Crippen molar-refractivity contribution < 1.29 is 28.4 Å². The Morgan fingerprint density at radius 2 is 1.69 bits per heavy atom. The van der Waals surface area contributed by atoms with Crippen molar-refractivity contribution in [1.82, 2.24) is 4.90 Å². The van der Waals surface area contributed by atoms with Gasteiger partial charge in [-0.1, -0.05) is 12.1 Å². The Morgan fingerprint density at radius 3 is 2.40 bits per heavy atom. The summed E-state index contributed by atoms with van der Waals surface area (Å²) in [6, 6.07) is 15.0. The van der Waals surface area contributed by atoms with E-state index in [9.17, 15) is 5.11 Å². The summed E-state index contributed by atoms with van der Waals surface area (Å²) < 4.78 is 37.4. The molecule has 0 aliphatic heterocycles. The predicted octanol–water partition coefficient (Wildman–Crippen LogP) is 6.19. The average Bonchev–Trinajstić information content (AvgIpc) is 3.00. The predicted molar refractivity (Wildman–Crippen MR) is 165 cm³/mol. The van der Waals surface area contributed by atoms with Gasteiger partial charge in [0.05, 0.1) is 14.2 Å². The largest absolute Gasteiger partial charge is 0.508 e. The summed E-state index contributed by atoms with van der Waals surface area (Å²) in [5, 5.41) is 9.95. The number of hydrogen-bond acceptors (Lipinski definition) is 7. The van der Waals surface area contributed by atoms with E-state index in [0.29, 0.717) is 36.9 Å². The fourth-order valence-corrected chi connectivity index (χ4v) is 5.74. The average molecular weight is 581 g/mol. The third-order valence-corrected chi connectivity index (χ3v) is 8.10. The fraction of sp³-hybridized carbons (Fsp3) is 0.471. The zero-order valence-electron chi connectivity index (χ0n) is 25.6. The fourth-order valence-electron chi connectivity index (χ4n) is 5.74. The van der Waals surface area contributed by atoms with Crippen LogP contribution in [0.3, 0.4) is 0 Å². The highest BCUT2D eigenvalue weighted by molar-refractivity contribution is 5.64. The molecule has 0 aromatic heterocycles. The Morgan fingerprint density at radius 1 is 0.905 bits per heavy atom. The minimum atomic E-state index is -0.356. The molecule has 1 atom stereocenters. The molecule has 42 heavy (non-hydrogen) atoms. The van der Waals surface area contributed by atoms with Gasteiger partial charge < -0.3 is 33.9 Å². The molecular formula is C34H45FN2O5. The molecule has 7 nitrogen and oxygen atoms in total. The lowest BCUT2D eigenvalue weighted by molar-refractivity contribution is 0.171. The number of phenols is 1. The van der Waals surface area contributed by atoms with E-state index in [1.807, 2.05) is 31.3 Å². The van der Waals surface area contributed by atoms with E-state index >= 15 is 4.39 Å². The number of hydrogen-bond donors (Lipinski definition) is 1. The Hall–Kier alpha value is -3.49. The van der Waals surface area contributed by atoms with E-state index in [1.165, 1.54) is 16.7 Å². The zero-order valence-corrected chi connectivity index (χ0v) is 25.6. The molecule has 1 aliphatic carbocycles. The molecule has 0 saturated carbocycles. The molecule has 3 aromatic carbocycles. The maximum atomic E-state index is 15.1. The molecule has 0 fully saturated rings. The summed E-state index contributed by atoms with van der Waals surface area (Å²) in [4.78, 5) is 4.41. The van der Waals surface area contributed by atoms with E-state index in [-0.39, 0.29) is 17.5 Å². The van der Waals surface area contributed by atoms with Crippen molar-refractivity contribution in [2.24, 2.45) is 0 Å². The number of likely N-dealkylation sites (N-methyl/N-ethyl adjacent to an activating group) is 1. The van der Waals surface area contributed by atoms with Gasteiger partial charge in [-0.3, -0.25) is 0 Å². The SMILES string of the molecule is CCN(Cc1ccc(OCCN(C)CCCOC)c(F)c1)c1cc(OC)c(OC)cc1C1CCc2cc(O)ccc2C1. The van der Waals surface area contributed by atoms with Crippen molar-refractivity contribution in [3.8, 4) is 23.0 Å². The zero-order chi connectivity index (χ0) is 30.1. The highest BCUT2D eigenvalue weighted by Gasteiger charge is 2.26. The van der Waals surface area contributed by atoms with Crippen molar-refractivity contribution >= 4 is 5.69 Å². The van der Waals surface area contributed by atoms with Gasteiger partial charge in [0, 0.05) is 51.6 Å². The molecule has 0 spiro atoms. The van der Waals surface area contributed by atoms with Crippen molar-refractivity contribution in [3.05, 3.63) is 76.6 Å². The Kier molecular flexibility index (Phi) is 11.3. The Balaban J connectivity index is 1.52. The van der Waals surface area contributed by atoms with Gasteiger partial charge in [-0.25, -0.2) is 4.39 Å². The smallest absolute Gasteiger partial charge is 0.165 e. The lowest BCUT2D eigenvalue weighted by Gasteiger charge is -2.32. The first-order valence-corrected chi connectivity index (χ1v) is 14.8. The molecule has 0 bridgehead atoms. The number of methoxy groups -OCH3 is 3. The second-order valence-corrected chi connectivity index (χ2v) is 10.9. The Bertz CT molecular complexity index is 1320. The van der Waals surface area contributed by atoms with Gasteiger partial charge in [-0.15, -0.1) is 0 Å². The van der Waals surface area contributed by atoms with Crippen LogP contribution in [0.15, 0.2) is 48.5 Å². The minimum Gasteiger partial charge on any atom is -0.508 e. The third-order valence-electron chi connectivity index (χ3n) is 8.10. The van der Waals surface area contributed by atoms with Crippen LogP contribution >= 0.6 is 0 Å². The molecule has 228 valence electrons. The van der Waals surface area contributed by atoms with Crippen LogP contribution < -0.4 is 19.1 Å². The molecule has 1 aliphatic rings. The van der Waals surface area contributed by atoms with Crippen LogP contribution in [0.2, 0.25) is 0 Å². The van der Waals surface area contributed by atoms with Gasteiger partial charge in [-0.05, 0) is 98.2 Å². The first-order chi connectivity index (χ1) is 20.4. The maximum Gasteiger partial charge on any atom is 0.165 e. The summed E-state index contributed by atoms with van der Waals surface area (Å²) in [7, 11) is 7.03. The molecule has 8 heteroatoms. The van der Waals surface area contributed by atoms with Crippen LogP contribution in [0.1, 0.15) is 47.9 Å². The second kappa shape index (κ2) is 15.1. The number of ether oxygens (including phenoxy) is 4. The van der Waals surface area contributed by atoms with Crippen LogP contribution in [0.4, 0.5) is 10.1 Å². The standard InChI is InChI=1S/C34H45FN2O5/c1-6-37(23-24-8-13-32(30(35)18-24)42-17-15-36(2)14-7-16-39-3)31-22-34(41-5)33(40-4)21-29(31)27-10-9-26-20-28(38)12-11-25(26)19-27/h8,11-13,18,20-22,27,38H,6-7,9-10,14-17,19,23H2,1-5H3. The molecule has 0 radical (unpaired) electrons. The van der Waals surface area contributed by atoms with E-state index in [4.69, 9.17) is 18.9 Å². The number of anilines is 1. The Labute approximate surface area is 249 Å². The highest BCUT2D eigenvalue weighted by atomic mass is 19.1. The normalized spacial score (nSPS) is 14.5. The van der Waals surface area contributed by atoms with Crippen molar-refractivity contribution in [2.45, 2.75) is 45.1 Å². The number of benzene rings is 3. The molecule has 0 saturated heterocycles. The number of fused-ring (bicyclic) bond motifs is 1. The number of halogens is 1. The first kappa shape index (κ1) is 31.4. The quantitative estimate of drug-likeness (QED) is 0.215. The number of phenolic OH excluding ortho intramolecular Hbond substituents is 1. The van der Waals surface area contributed by atoms with Crippen molar-refractivity contribution in [2.75, 3.05) is 66.1 Å². The van der Waals surface area contributed by atoms with Gasteiger partial charge in [0.2, 0.25) is 0 Å². The van der Waals surface area contributed by atoms with E-state index in [1.54, 1.807) is 39.5 Å². The van der Waals surface area contributed by atoms with E-state index in [0.717, 1.165) is 56.6 Å².